The van der Waals surface area contributed by atoms with Gasteiger partial charge in [0.1, 0.15) is 11.7 Å². The summed E-state index contributed by atoms with van der Waals surface area (Å²) in [4.78, 5) is 18.9. The summed E-state index contributed by atoms with van der Waals surface area (Å²) in [5.74, 6) is 0.723. The number of pyridine rings is 1. The minimum Gasteiger partial charge on any atom is -0.345 e. The second-order valence-electron chi connectivity index (χ2n) is 6.02. The normalized spacial score (nSPS) is 10.8. The quantitative estimate of drug-likeness (QED) is 0.607. The molecule has 3 aromatic rings. The van der Waals surface area contributed by atoms with Gasteiger partial charge in [-0.15, -0.1) is 0 Å². The maximum Gasteiger partial charge on any atom is 0.225 e. The van der Waals surface area contributed by atoms with Crippen LogP contribution in [0.25, 0.3) is 22.3 Å². The minimum atomic E-state index is 0.533. The molecule has 0 bridgehead atoms. The maximum atomic E-state index is 9.14. The van der Waals surface area contributed by atoms with Gasteiger partial charge in [0.05, 0.1) is 11.3 Å². The molecule has 0 aromatic carbocycles. The molecule has 3 aromatic heterocycles. The first-order valence-corrected chi connectivity index (χ1v) is 8.93. The number of H-pyrrole nitrogens is 1. The third kappa shape index (κ3) is 3.81. The zero-order valence-electron chi connectivity index (χ0n) is 15.2. The molecule has 0 aliphatic carbocycles. The zero-order valence-corrected chi connectivity index (χ0v) is 15.2. The van der Waals surface area contributed by atoms with E-state index in [0.29, 0.717) is 5.56 Å². The summed E-state index contributed by atoms with van der Waals surface area (Å²) in [5.41, 5.74) is 3.03. The molecule has 0 radical (unpaired) electrons. The molecule has 3 heterocycles. The van der Waals surface area contributed by atoms with Crippen molar-refractivity contribution in [2.75, 3.05) is 31.1 Å². The van der Waals surface area contributed by atoms with Crippen LogP contribution in [-0.2, 0) is 0 Å². The Hall–Kier alpha value is -2.98. The Balaban J connectivity index is 1.94. The summed E-state index contributed by atoms with van der Waals surface area (Å²) >= 11 is 0. The maximum absolute atomic E-state index is 9.14. The number of nitrogens with one attached hydrogen (secondary N) is 2. The summed E-state index contributed by atoms with van der Waals surface area (Å²) in [6.45, 7) is 7.86. The molecular weight excluding hydrogens is 326 g/mol. The lowest BCUT2D eigenvalue weighted by molar-refractivity contribution is 0.662. The van der Waals surface area contributed by atoms with Crippen LogP contribution in [-0.4, -0.2) is 46.1 Å². The third-order valence-electron chi connectivity index (χ3n) is 4.16. The second-order valence-corrected chi connectivity index (χ2v) is 6.02. The first-order chi connectivity index (χ1) is 12.8. The first-order valence-electron chi connectivity index (χ1n) is 8.93. The number of nitrogens with zero attached hydrogens (tertiary/aromatic N) is 5. The van der Waals surface area contributed by atoms with E-state index in [1.54, 1.807) is 12.4 Å². The highest BCUT2D eigenvalue weighted by atomic mass is 15.3. The average molecular weight is 349 g/mol. The Labute approximate surface area is 153 Å². The van der Waals surface area contributed by atoms with Gasteiger partial charge in [-0.05, 0) is 25.1 Å². The molecule has 7 nitrogen and oxygen atoms in total. The lowest BCUT2D eigenvalue weighted by atomic mass is 10.1. The van der Waals surface area contributed by atoms with Gasteiger partial charge in [-0.2, -0.15) is 5.26 Å². The smallest absolute Gasteiger partial charge is 0.225 e. The molecule has 0 aliphatic heterocycles. The standard InChI is InChI=1S/C19H23N7/c1-3-8-26(9-7-21-4-2)19-22-6-5-17(25-19)16-13-24-18-15(16)10-14(11-20)12-23-18/h5-6,10,12-13,21H,3-4,7-9H2,1-2H3,(H,23,24). The van der Waals surface area contributed by atoms with Crippen molar-refractivity contribution >= 4 is 17.0 Å². The van der Waals surface area contributed by atoms with Crippen molar-refractivity contribution in [3.63, 3.8) is 0 Å². The summed E-state index contributed by atoms with van der Waals surface area (Å²) in [6, 6.07) is 5.86. The second kappa shape index (κ2) is 8.41. The number of nitriles is 1. The molecule has 134 valence electrons. The third-order valence-corrected chi connectivity index (χ3v) is 4.16. The Morgan fingerprint density at radius 2 is 2.15 bits per heavy atom. The molecule has 0 spiro atoms. The zero-order chi connectivity index (χ0) is 18.4. The molecule has 3 rings (SSSR count). The fraction of sp³-hybridized carbons (Fsp3) is 0.368. The number of hydrogen-bond donors (Lipinski definition) is 2. The number of likely N-dealkylation sites (N-methyl/N-ethyl adjacent to an activating group) is 1. The predicted octanol–water partition coefficient (Wildman–Crippen LogP) is 2.72. The van der Waals surface area contributed by atoms with Crippen molar-refractivity contribution in [1.82, 2.24) is 25.3 Å². The molecule has 0 saturated carbocycles. The van der Waals surface area contributed by atoms with Crippen molar-refractivity contribution in [3.05, 3.63) is 36.3 Å². The van der Waals surface area contributed by atoms with Crippen molar-refractivity contribution in [3.8, 4) is 17.3 Å². The number of rotatable bonds is 8. The summed E-state index contributed by atoms with van der Waals surface area (Å²) in [7, 11) is 0. The van der Waals surface area contributed by atoms with Gasteiger partial charge in [0.15, 0.2) is 0 Å². The van der Waals surface area contributed by atoms with Gasteiger partial charge in [0, 0.05) is 49.2 Å². The average Bonchev–Trinajstić information content (AvgIpc) is 3.10. The van der Waals surface area contributed by atoms with Crippen LogP contribution in [0.5, 0.6) is 0 Å². The SMILES string of the molecule is CCCN(CCNCC)c1nccc(-c2c[nH]c3ncc(C#N)cc23)n1. The van der Waals surface area contributed by atoms with Crippen LogP contribution >= 0.6 is 0 Å². The summed E-state index contributed by atoms with van der Waals surface area (Å²) in [6.07, 6.45) is 6.27. The molecule has 0 aliphatic rings. The van der Waals surface area contributed by atoms with Gasteiger partial charge in [-0.3, -0.25) is 0 Å². The van der Waals surface area contributed by atoms with Crippen LogP contribution in [0.2, 0.25) is 0 Å². The van der Waals surface area contributed by atoms with E-state index in [1.807, 2.05) is 18.3 Å². The van der Waals surface area contributed by atoms with E-state index < -0.39 is 0 Å². The predicted molar refractivity (Wildman–Crippen MR) is 103 cm³/mol. The van der Waals surface area contributed by atoms with Gasteiger partial charge in [-0.25, -0.2) is 15.0 Å². The minimum absolute atomic E-state index is 0.533. The van der Waals surface area contributed by atoms with Crippen LogP contribution in [0.4, 0.5) is 5.95 Å². The molecule has 0 unspecified atom stereocenters. The molecule has 0 fully saturated rings. The number of aromatic nitrogens is 4. The van der Waals surface area contributed by atoms with E-state index in [1.165, 1.54) is 0 Å². The largest absolute Gasteiger partial charge is 0.345 e. The van der Waals surface area contributed by atoms with Gasteiger partial charge in [0.2, 0.25) is 5.95 Å². The highest BCUT2D eigenvalue weighted by Gasteiger charge is 2.13. The van der Waals surface area contributed by atoms with E-state index in [9.17, 15) is 0 Å². The Morgan fingerprint density at radius 3 is 2.92 bits per heavy atom. The highest BCUT2D eigenvalue weighted by molar-refractivity contribution is 5.93. The molecule has 0 saturated heterocycles. The number of hydrogen-bond acceptors (Lipinski definition) is 6. The Kier molecular flexibility index (Phi) is 5.77. The Bertz CT molecular complexity index is 910. The summed E-state index contributed by atoms with van der Waals surface area (Å²) < 4.78 is 0. The van der Waals surface area contributed by atoms with Gasteiger partial charge in [-0.1, -0.05) is 13.8 Å². The fourth-order valence-corrected chi connectivity index (χ4v) is 2.90. The molecule has 0 amide bonds. The van der Waals surface area contributed by atoms with Gasteiger partial charge < -0.3 is 15.2 Å². The van der Waals surface area contributed by atoms with Crippen LogP contribution in [0.15, 0.2) is 30.7 Å². The highest BCUT2D eigenvalue weighted by Crippen LogP contribution is 2.27. The van der Waals surface area contributed by atoms with Crippen molar-refractivity contribution < 1.29 is 0 Å². The number of aromatic amines is 1. The Morgan fingerprint density at radius 1 is 1.27 bits per heavy atom. The van der Waals surface area contributed by atoms with Gasteiger partial charge >= 0.3 is 0 Å². The van der Waals surface area contributed by atoms with Crippen LogP contribution < -0.4 is 10.2 Å². The van der Waals surface area contributed by atoms with Crippen molar-refractivity contribution in [1.29, 1.82) is 5.26 Å². The lowest BCUT2D eigenvalue weighted by Crippen LogP contribution is -2.33. The van der Waals surface area contributed by atoms with Crippen molar-refractivity contribution in [2.24, 2.45) is 0 Å². The van der Waals surface area contributed by atoms with Crippen LogP contribution in [0, 0.1) is 11.3 Å². The molecular formula is C19H23N7. The van der Waals surface area contributed by atoms with Crippen LogP contribution in [0.1, 0.15) is 25.8 Å². The topological polar surface area (TPSA) is 93.5 Å². The summed E-state index contributed by atoms with van der Waals surface area (Å²) in [5, 5.41) is 13.4. The number of anilines is 1. The lowest BCUT2D eigenvalue weighted by Gasteiger charge is -2.22. The van der Waals surface area contributed by atoms with Crippen LogP contribution in [0.3, 0.4) is 0 Å². The molecule has 0 atom stereocenters. The number of fused-ring (bicyclic) bond motifs is 1. The van der Waals surface area contributed by atoms with Crippen molar-refractivity contribution in [2.45, 2.75) is 20.3 Å². The van der Waals surface area contributed by atoms with Gasteiger partial charge in [0.25, 0.3) is 0 Å². The fourth-order valence-electron chi connectivity index (χ4n) is 2.90. The first kappa shape index (κ1) is 17.8. The van der Waals surface area contributed by atoms with E-state index in [4.69, 9.17) is 10.2 Å². The van der Waals surface area contributed by atoms with E-state index >= 15 is 0 Å². The van der Waals surface area contributed by atoms with E-state index in [0.717, 1.165) is 60.8 Å². The molecule has 7 heteroatoms. The van der Waals surface area contributed by atoms with E-state index in [-0.39, 0.29) is 0 Å². The molecule has 26 heavy (non-hydrogen) atoms. The molecule has 2 N–H and O–H groups in total. The monoisotopic (exact) mass is 349 g/mol. The van der Waals surface area contributed by atoms with E-state index in [2.05, 4.69) is 45.1 Å².